The maximum atomic E-state index is 12.1. The summed E-state index contributed by atoms with van der Waals surface area (Å²) in [5.74, 6) is -0.322. The Kier molecular flexibility index (Phi) is 7.06. The number of carbonyl (C=O) groups excluding carboxylic acids is 2. The molecule has 1 aliphatic heterocycles. The SMILES string of the molecule is COC(=O)CCCCCNC(=O)c1ccn(C2CCCNC2)n1. The van der Waals surface area contributed by atoms with Crippen LogP contribution in [0.25, 0.3) is 0 Å². The smallest absolute Gasteiger partial charge is 0.305 e. The minimum atomic E-state index is -0.184. The molecule has 1 unspecified atom stereocenters. The highest BCUT2D eigenvalue weighted by molar-refractivity contribution is 5.92. The largest absolute Gasteiger partial charge is 0.469 e. The molecule has 0 aromatic carbocycles. The van der Waals surface area contributed by atoms with E-state index in [1.807, 2.05) is 10.9 Å². The summed E-state index contributed by atoms with van der Waals surface area (Å²) in [7, 11) is 1.39. The maximum Gasteiger partial charge on any atom is 0.305 e. The van der Waals surface area contributed by atoms with Gasteiger partial charge in [-0.15, -0.1) is 0 Å². The summed E-state index contributed by atoms with van der Waals surface area (Å²) in [6, 6.07) is 2.10. The molecule has 23 heavy (non-hydrogen) atoms. The number of amides is 1. The van der Waals surface area contributed by atoms with Crippen molar-refractivity contribution in [1.82, 2.24) is 20.4 Å². The standard InChI is InChI=1S/C16H26N4O3/c1-23-15(21)7-3-2-4-10-18-16(22)14-8-11-20(19-14)13-6-5-9-17-12-13/h8,11,13,17H,2-7,9-10,12H2,1H3,(H,18,22). The van der Waals surface area contributed by atoms with E-state index in [1.54, 1.807) is 6.07 Å². The fourth-order valence-electron chi connectivity index (χ4n) is 2.69. The van der Waals surface area contributed by atoms with Crippen LogP contribution < -0.4 is 10.6 Å². The van der Waals surface area contributed by atoms with Crippen molar-refractivity contribution < 1.29 is 14.3 Å². The lowest BCUT2D eigenvalue weighted by Gasteiger charge is -2.22. The fraction of sp³-hybridized carbons (Fsp3) is 0.688. The predicted octanol–water partition coefficient (Wildman–Crippen LogP) is 1.27. The van der Waals surface area contributed by atoms with E-state index >= 15 is 0 Å². The van der Waals surface area contributed by atoms with Crippen LogP contribution in [0.3, 0.4) is 0 Å². The minimum Gasteiger partial charge on any atom is -0.469 e. The number of piperidine rings is 1. The molecule has 1 saturated heterocycles. The van der Waals surface area contributed by atoms with E-state index in [0.29, 0.717) is 24.7 Å². The summed E-state index contributed by atoms with van der Waals surface area (Å²) >= 11 is 0. The van der Waals surface area contributed by atoms with Crippen molar-refractivity contribution in [2.45, 2.75) is 44.6 Å². The van der Waals surface area contributed by atoms with Gasteiger partial charge < -0.3 is 15.4 Å². The quantitative estimate of drug-likeness (QED) is 0.556. The highest BCUT2D eigenvalue weighted by atomic mass is 16.5. The first-order chi connectivity index (χ1) is 11.2. The molecule has 0 spiro atoms. The Hall–Kier alpha value is -1.89. The number of hydrogen-bond donors (Lipinski definition) is 2. The topological polar surface area (TPSA) is 85.2 Å². The number of methoxy groups -OCH3 is 1. The average molecular weight is 322 g/mol. The van der Waals surface area contributed by atoms with E-state index in [0.717, 1.165) is 45.2 Å². The Labute approximate surface area is 136 Å². The van der Waals surface area contributed by atoms with Crippen LogP contribution in [0.1, 0.15) is 55.1 Å². The highest BCUT2D eigenvalue weighted by Gasteiger charge is 2.17. The van der Waals surface area contributed by atoms with Crippen molar-refractivity contribution in [3.05, 3.63) is 18.0 Å². The summed E-state index contributed by atoms with van der Waals surface area (Å²) in [6.45, 7) is 2.56. The molecule has 0 radical (unpaired) electrons. The lowest BCUT2D eigenvalue weighted by Crippen LogP contribution is -2.32. The zero-order valence-corrected chi connectivity index (χ0v) is 13.7. The van der Waals surface area contributed by atoms with E-state index < -0.39 is 0 Å². The second-order valence-corrected chi connectivity index (χ2v) is 5.82. The third kappa shape index (κ3) is 5.67. The first-order valence-corrected chi connectivity index (χ1v) is 8.31. The number of ether oxygens (including phenoxy) is 1. The van der Waals surface area contributed by atoms with Gasteiger partial charge in [-0.25, -0.2) is 0 Å². The van der Waals surface area contributed by atoms with Crippen molar-refractivity contribution >= 4 is 11.9 Å². The summed E-state index contributed by atoms with van der Waals surface area (Å²) < 4.78 is 6.47. The van der Waals surface area contributed by atoms with Crippen molar-refractivity contribution in [1.29, 1.82) is 0 Å². The minimum absolute atomic E-state index is 0.138. The molecule has 0 aliphatic carbocycles. The molecule has 0 bridgehead atoms. The van der Waals surface area contributed by atoms with Gasteiger partial charge in [-0.3, -0.25) is 14.3 Å². The van der Waals surface area contributed by atoms with Crippen LogP contribution in [0.15, 0.2) is 12.3 Å². The molecule has 1 amide bonds. The summed E-state index contributed by atoms with van der Waals surface area (Å²) in [5, 5.41) is 10.6. The van der Waals surface area contributed by atoms with Gasteiger partial charge in [0.2, 0.25) is 0 Å². The van der Waals surface area contributed by atoms with Crippen LogP contribution in [0.5, 0.6) is 0 Å². The van der Waals surface area contributed by atoms with Crippen LogP contribution in [0.2, 0.25) is 0 Å². The molecule has 1 aromatic rings. The van der Waals surface area contributed by atoms with Crippen molar-refractivity contribution in [2.24, 2.45) is 0 Å². The van der Waals surface area contributed by atoms with Crippen LogP contribution in [0, 0.1) is 0 Å². The van der Waals surface area contributed by atoms with E-state index in [-0.39, 0.29) is 11.9 Å². The Morgan fingerprint density at radius 1 is 1.43 bits per heavy atom. The van der Waals surface area contributed by atoms with Gasteiger partial charge in [0.05, 0.1) is 13.2 Å². The summed E-state index contributed by atoms with van der Waals surface area (Å²) in [6.07, 6.45) is 7.06. The zero-order valence-electron chi connectivity index (χ0n) is 13.7. The molecule has 2 N–H and O–H groups in total. The Bertz CT molecular complexity index is 509. The van der Waals surface area contributed by atoms with Gasteiger partial charge in [-0.1, -0.05) is 6.42 Å². The number of rotatable bonds is 8. The molecule has 7 heteroatoms. The van der Waals surface area contributed by atoms with Gasteiger partial charge in [0, 0.05) is 25.7 Å². The molecule has 1 aliphatic rings. The second-order valence-electron chi connectivity index (χ2n) is 5.82. The van der Waals surface area contributed by atoms with Gasteiger partial charge in [-0.05, 0) is 38.3 Å². The molecule has 128 valence electrons. The van der Waals surface area contributed by atoms with Crippen LogP contribution >= 0.6 is 0 Å². The van der Waals surface area contributed by atoms with Gasteiger partial charge in [0.25, 0.3) is 5.91 Å². The first-order valence-electron chi connectivity index (χ1n) is 8.31. The van der Waals surface area contributed by atoms with Gasteiger partial charge in [-0.2, -0.15) is 5.10 Å². The molecule has 1 atom stereocenters. The van der Waals surface area contributed by atoms with E-state index in [9.17, 15) is 9.59 Å². The zero-order chi connectivity index (χ0) is 16.5. The number of nitrogens with zero attached hydrogens (tertiary/aromatic N) is 2. The first kappa shape index (κ1) is 17.5. The molecule has 1 aromatic heterocycles. The van der Waals surface area contributed by atoms with Crippen LogP contribution in [-0.2, 0) is 9.53 Å². The van der Waals surface area contributed by atoms with Crippen LogP contribution in [0.4, 0.5) is 0 Å². The van der Waals surface area contributed by atoms with E-state index in [1.165, 1.54) is 7.11 Å². The summed E-state index contributed by atoms with van der Waals surface area (Å²) in [5.41, 5.74) is 0.463. The molecule has 7 nitrogen and oxygen atoms in total. The Morgan fingerprint density at radius 2 is 2.30 bits per heavy atom. The van der Waals surface area contributed by atoms with Crippen molar-refractivity contribution in [2.75, 3.05) is 26.7 Å². The van der Waals surface area contributed by atoms with E-state index in [2.05, 4.69) is 20.5 Å². The number of esters is 1. The highest BCUT2D eigenvalue weighted by Crippen LogP contribution is 2.15. The molecule has 2 rings (SSSR count). The van der Waals surface area contributed by atoms with Crippen molar-refractivity contribution in [3.63, 3.8) is 0 Å². The predicted molar refractivity (Wildman–Crippen MR) is 86.2 cm³/mol. The lowest BCUT2D eigenvalue weighted by atomic mass is 10.1. The molecule has 0 saturated carbocycles. The third-order valence-corrected chi connectivity index (χ3v) is 4.06. The van der Waals surface area contributed by atoms with Gasteiger partial charge in [0.1, 0.15) is 5.69 Å². The number of aromatic nitrogens is 2. The second kappa shape index (κ2) is 9.29. The molecular weight excluding hydrogens is 296 g/mol. The van der Waals surface area contributed by atoms with Crippen LogP contribution in [-0.4, -0.2) is 48.4 Å². The third-order valence-electron chi connectivity index (χ3n) is 4.06. The fourth-order valence-corrected chi connectivity index (χ4v) is 2.69. The number of unbranched alkanes of at least 4 members (excludes halogenated alkanes) is 2. The van der Waals surface area contributed by atoms with E-state index in [4.69, 9.17) is 0 Å². The van der Waals surface area contributed by atoms with Gasteiger partial charge >= 0.3 is 5.97 Å². The summed E-state index contributed by atoms with van der Waals surface area (Å²) in [4.78, 5) is 23.0. The Morgan fingerprint density at radius 3 is 3.04 bits per heavy atom. The normalized spacial score (nSPS) is 17.7. The Balaban J connectivity index is 1.65. The number of hydrogen-bond acceptors (Lipinski definition) is 5. The molecule has 1 fully saturated rings. The number of nitrogens with one attached hydrogen (secondary N) is 2. The van der Waals surface area contributed by atoms with Gasteiger partial charge in [0.15, 0.2) is 0 Å². The molecule has 2 heterocycles. The maximum absolute atomic E-state index is 12.1. The lowest BCUT2D eigenvalue weighted by molar-refractivity contribution is -0.140. The average Bonchev–Trinajstić information content (AvgIpc) is 3.08. The monoisotopic (exact) mass is 322 g/mol. The number of carbonyl (C=O) groups is 2. The van der Waals surface area contributed by atoms with Crippen molar-refractivity contribution in [3.8, 4) is 0 Å². The molecular formula is C16H26N4O3.